The van der Waals surface area contributed by atoms with Gasteiger partial charge in [0.15, 0.2) is 0 Å². The van der Waals surface area contributed by atoms with Gasteiger partial charge in [0.2, 0.25) is 0 Å². The molecule has 0 saturated carbocycles. The van der Waals surface area contributed by atoms with E-state index in [1.165, 1.54) is 12.8 Å². The predicted octanol–water partition coefficient (Wildman–Crippen LogP) is 6.71. The van der Waals surface area contributed by atoms with Gasteiger partial charge in [-0.3, -0.25) is 0 Å². The lowest BCUT2D eigenvalue weighted by atomic mass is 9.92. The Morgan fingerprint density at radius 2 is 1.12 bits per heavy atom. The number of hydrogen-bond acceptors (Lipinski definition) is 0. The first-order chi connectivity index (χ1) is 6.12. The Kier molecular flexibility index (Phi) is 17.4. The highest BCUT2D eigenvalue weighted by atomic mass is 14.1. The molecule has 0 aliphatic rings. The molecule has 0 rings (SSSR count). The molecule has 0 fully saturated rings. The van der Waals surface area contributed by atoms with Crippen molar-refractivity contribution in [2.75, 3.05) is 0 Å². The second-order valence-corrected chi connectivity index (χ2v) is 6.25. The molecule has 0 unspecified atom stereocenters. The lowest BCUT2D eigenvalue weighted by Crippen LogP contribution is -2.01. The molecule has 0 heterocycles. The SMILES string of the molecule is C.C.C/C=C/CC(C)(C)C.CCC(C)(C)C. The van der Waals surface area contributed by atoms with E-state index in [2.05, 4.69) is 67.5 Å². The quantitative estimate of drug-likeness (QED) is 0.439. The number of hydrogen-bond donors (Lipinski definition) is 0. The summed E-state index contributed by atoms with van der Waals surface area (Å²) in [5.74, 6) is 0. The van der Waals surface area contributed by atoms with Gasteiger partial charge in [0.25, 0.3) is 0 Å². The minimum Gasteiger partial charge on any atom is -0.0916 e. The summed E-state index contributed by atoms with van der Waals surface area (Å²) >= 11 is 0. The lowest BCUT2D eigenvalue weighted by molar-refractivity contribution is 0.398. The van der Waals surface area contributed by atoms with Crippen LogP contribution in [0.1, 0.15) is 83.1 Å². The molecule has 0 aromatic heterocycles. The summed E-state index contributed by atoms with van der Waals surface area (Å²) in [5.41, 5.74) is 1.01. The van der Waals surface area contributed by atoms with Crippen LogP contribution in [-0.2, 0) is 0 Å². The molecular formula is C16H38. The standard InChI is InChI=1S/C8H16.C6H14.2CH4/c1-5-6-7-8(2,3)4;1-5-6(2,3)4;;/h5-6H,7H2,1-4H3;5H2,1-4H3;2*1H4/b6-5+;;;. The van der Waals surface area contributed by atoms with Crippen LogP contribution in [0.3, 0.4) is 0 Å². The number of rotatable bonds is 1. The molecule has 0 aromatic rings. The maximum atomic E-state index is 2.24. The normalized spacial score (nSPS) is 11.0. The van der Waals surface area contributed by atoms with Crippen LogP contribution in [0, 0.1) is 10.8 Å². The molecule has 0 aliphatic heterocycles. The first-order valence-electron chi connectivity index (χ1n) is 5.73. The van der Waals surface area contributed by atoms with E-state index in [0.29, 0.717) is 10.8 Å². The van der Waals surface area contributed by atoms with E-state index in [0.717, 1.165) is 0 Å². The average Bonchev–Trinajstić information content (AvgIpc) is 1.99. The molecule has 0 atom stereocenters. The van der Waals surface area contributed by atoms with E-state index in [1.54, 1.807) is 0 Å². The van der Waals surface area contributed by atoms with E-state index < -0.39 is 0 Å². The second-order valence-electron chi connectivity index (χ2n) is 6.25. The summed E-state index contributed by atoms with van der Waals surface area (Å²) in [6.45, 7) is 17.7. The largest absolute Gasteiger partial charge is 0.0916 e. The average molecular weight is 230 g/mol. The third-order valence-electron chi connectivity index (χ3n) is 2.03. The summed E-state index contributed by atoms with van der Waals surface area (Å²) < 4.78 is 0. The van der Waals surface area contributed by atoms with E-state index in [-0.39, 0.29) is 14.9 Å². The van der Waals surface area contributed by atoms with Gasteiger partial charge in [0.05, 0.1) is 0 Å². The van der Waals surface area contributed by atoms with Gasteiger partial charge in [-0.1, -0.05) is 81.9 Å². The third-order valence-corrected chi connectivity index (χ3v) is 2.03. The molecule has 0 radical (unpaired) electrons. The molecule has 0 saturated heterocycles. The zero-order valence-corrected chi connectivity index (χ0v) is 11.6. The monoisotopic (exact) mass is 230 g/mol. The molecule has 102 valence electrons. The van der Waals surface area contributed by atoms with Crippen molar-refractivity contribution in [3.63, 3.8) is 0 Å². The Balaban J connectivity index is -0.0000000825. The van der Waals surface area contributed by atoms with Crippen LogP contribution in [0.2, 0.25) is 0 Å². The summed E-state index contributed by atoms with van der Waals surface area (Å²) in [7, 11) is 0. The van der Waals surface area contributed by atoms with Gasteiger partial charge in [0.1, 0.15) is 0 Å². The Bertz CT molecular complexity index is 138. The third kappa shape index (κ3) is 37.2. The minimum absolute atomic E-state index is 0. The van der Waals surface area contributed by atoms with Gasteiger partial charge in [-0.2, -0.15) is 0 Å². The highest BCUT2D eigenvalue weighted by Crippen LogP contribution is 2.18. The van der Waals surface area contributed by atoms with E-state index >= 15 is 0 Å². The minimum atomic E-state index is 0. The fourth-order valence-corrected chi connectivity index (χ4v) is 0.471. The van der Waals surface area contributed by atoms with Gasteiger partial charge >= 0.3 is 0 Å². The van der Waals surface area contributed by atoms with Crippen molar-refractivity contribution < 1.29 is 0 Å². The molecule has 16 heavy (non-hydrogen) atoms. The Labute approximate surface area is 107 Å². The molecule has 0 heteroatoms. The van der Waals surface area contributed by atoms with Crippen molar-refractivity contribution in [1.82, 2.24) is 0 Å². The molecule has 0 spiro atoms. The van der Waals surface area contributed by atoms with Gasteiger partial charge in [-0.15, -0.1) is 0 Å². The van der Waals surface area contributed by atoms with Crippen molar-refractivity contribution in [1.29, 1.82) is 0 Å². The fraction of sp³-hybridized carbons (Fsp3) is 0.875. The van der Waals surface area contributed by atoms with Crippen LogP contribution in [-0.4, -0.2) is 0 Å². The van der Waals surface area contributed by atoms with Crippen molar-refractivity contribution in [2.24, 2.45) is 10.8 Å². The van der Waals surface area contributed by atoms with Crippen molar-refractivity contribution >= 4 is 0 Å². The Morgan fingerprint density at radius 3 is 1.19 bits per heavy atom. The van der Waals surface area contributed by atoms with Crippen LogP contribution in [0.25, 0.3) is 0 Å². The maximum absolute atomic E-state index is 2.24. The van der Waals surface area contributed by atoms with Crippen LogP contribution >= 0.6 is 0 Å². The molecule has 0 amide bonds. The fourth-order valence-electron chi connectivity index (χ4n) is 0.471. The summed E-state index contributed by atoms with van der Waals surface area (Å²) in [6, 6.07) is 0. The van der Waals surface area contributed by atoms with Crippen LogP contribution in [0.5, 0.6) is 0 Å². The summed E-state index contributed by atoms with van der Waals surface area (Å²) in [5, 5.41) is 0. The molecule has 0 aliphatic carbocycles. The van der Waals surface area contributed by atoms with Gasteiger partial charge in [-0.25, -0.2) is 0 Å². The van der Waals surface area contributed by atoms with E-state index in [9.17, 15) is 0 Å². The van der Waals surface area contributed by atoms with Crippen LogP contribution in [0.4, 0.5) is 0 Å². The van der Waals surface area contributed by atoms with E-state index in [1.807, 2.05) is 0 Å². The van der Waals surface area contributed by atoms with Crippen LogP contribution < -0.4 is 0 Å². The molecular weight excluding hydrogens is 192 g/mol. The second kappa shape index (κ2) is 11.2. The predicted molar refractivity (Wildman–Crippen MR) is 82.1 cm³/mol. The van der Waals surface area contributed by atoms with Crippen molar-refractivity contribution in [3.8, 4) is 0 Å². The highest BCUT2D eigenvalue weighted by molar-refractivity contribution is 4.82. The van der Waals surface area contributed by atoms with Crippen molar-refractivity contribution in [2.45, 2.75) is 83.1 Å². The maximum Gasteiger partial charge on any atom is -0.0302 e. The van der Waals surface area contributed by atoms with E-state index in [4.69, 9.17) is 0 Å². The Hall–Kier alpha value is -0.260. The smallest absolute Gasteiger partial charge is 0.0302 e. The molecule has 0 bridgehead atoms. The molecule has 0 N–H and O–H groups in total. The zero-order valence-electron chi connectivity index (χ0n) is 11.6. The van der Waals surface area contributed by atoms with Gasteiger partial charge in [0, 0.05) is 0 Å². The van der Waals surface area contributed by atoms with Crippen molar-refractivity contribution in [3.05, 3.63) is 12.2 Å². The number of allylic oxidation sites excluding steroid dienone is 2. The molecule has 0 nitrogen and oxygen atoms in total. The van der Waals surface area contributed by atoms with Gasteiger partial charge in [-0.05, 0) is 24.2 Å². The lowest BCUT2D eigenvalue weighted by Gasteiger charge is -2.13. The topological polar surface area (TPSA) is 0 Å². The Morgan fingerprint density at radius 1 is 0.812 bits per heavy atom. The zero-order chi connectivity index (χ0) is 11.8. The first-order valence-corrected chi connectivity index (χ1v) is 5.73. The summed E-state index contributed by atoms with van der Waals surface area (Å²) in [6.07, 6.45) is 6.77. The first kappa shape index (κ1) is 24.8. The van der Waals surface area contributed by atoms with Crippen LogP contribution in [0.15, 0.2) is 12.2 Å². The summed E-state index contributed by atoms with van der Waals surface area (Å²) in [4.78, 5) is 0. The highest BCUT2D eigenvalue weighted by Gasteiger charge is 2.05. The van der Waals surface area contributed by atoms with Gasteiger partial charge < -0.3 is 0 Å². The molecule has 0 aromatic carbocycles.